The van der Waals surface area contributed by atoms with E-state index in [0.29, 0.717) is 10.6 Å². The van der Waals surface area contributed by atoms with Crippen LogP contribution in [0.3, 0.4) is 0 Å². The quantitative estimate of drug-likeness (QED) is 0.522. The molecule has 5 heteroatoms. The molecule has 0 fully saturated rings. The number of benzene rings is 1. The van der Waals surface area contributed by atoms with E-state index in [-0.39, 0.29) is 18.1 Å². The van der Waals surface area contributed by atoms with E-state index in [9.17, 15) is 5.11 Å². The van der Waals surface area contributed by atoms with Crippen LogP contribution < -0.4 is 5.73 Å². The van der Waals surface area contributed by atoms with Crippen LogP contribution in [0.5, 0.6) is 5.75 Å². The lowest BCUT2D eigenvalue weighted by Crippen LogP contribution is -2.13. The minimum absolute atomic E-state index is 0.0345. The highest BCUT2D eigenvalue weighted by Gasteiger charge is 2.01. The fourth-order valence-electron chi connectivity index (χ4n) is 0.889. The summed E-state index contributed by atoms with van der Waals surface area (Å²) >= 11 is 5.81. The van der Waals surface area contributed by atoms with Crippen molar-refractivity contribution in [2.45, 2.75) is 0 Å². The van der Waals surface area contributed by atoms with E-state index in [1.165, 1.54) is 12.3 Å². The molecular formula is C9H10ClN3O. The molecule has 1 rings (SSSR count). The summed E-state index contributed by atoms with van der Waals surface area (Å²) in [4.78, 5) is 3.84. The van der Waals surface area contributed by atoms with Gasteiger partial charge in [-0.25, -0.2) is 0 Å². The molecule has 0 aliphatic rings. The van der Waals surface area contributed by atoms with Crippen molar-refractivity contribution in [2.24, 2.45) is 10.7 Å². The minimum atomic E-state index is -0.0345. The molecule has 4 nitrogen and oxygen atoms in total. The molecule has 0 unspecified atom stereocenters. The van der Waals surface area contributed by atoms with Crippen LogP contribution in [0.25, 0.3) is 0 Å². The monoisotopic (exact) mass is 211 g/mol. The van der Waals surface area contributed by atoms with Crippen LogP contribution in [0.2, 0.25) is 5.02 Å². The fraction of sp³-hybridized carbons (Fsp3) is 0.111. The number of aromatic hydroxyl groups is 1. The summed E-state index contributed by atoms with van der Waals surface area (Å²) < 4.78 is 0. The highest BCUT2D eigenvalue weighted by Crippen LogP contribution is 2.22. The number of rotatable bonds is 3. The van der Waals surface area contributed by atoms with Crippen LogP contribution in [0.15, 0.2) is 23.2 Å². The Labute approximate surface area is 86.5 Å². The van der Waals surface area contributed by atoms with E-state index in [1.54, 1.807) is 12.1 Å². The summed E-state index contributed by atoms with van der Waals surface area (Å²) in [5.41, 5.74) is 5.55. The highest BCUT2D eigenvalue weighted by molar-refractivity contribution is 6.33. The van der Waals surface area contributed by atoms with E-state index in [0.717, 1.165) is 0 Å². The molecule has 14 heavy (non-hydrogen) atoms. The summed E-state index contributed by atoms with van der Waals surface area (Å²) in [6, 6.07) is 4.80. The van der Waals surface area contributed by atoms with E-state index in [1.807, 2.05) is 0 Å². The molecule has 0 atom stereocenters. The molecule has 0 aliphatic heterocycles. The molecule has 0 spiro atoms. The largest absolute Gasteiger partial charge is 0.507 e. The average Bonchev–Trinajstić information content (AvgIpc) is 2.09. The van der Waals surface area contributed by atoms with Crippen molar-refractivity contribution in [1.82, 2.24) is 0 Å². The molecule has 0 saturated carbocycles. The van der Waals surface area contributed by atoms with Gasteiger partial charge in [-0.2, -0.15) is 0 Å². The van der Waals surface area contributed by atoms with Gasteiger partial charge in [0.05, 0.1) is 17.1 Å². The van der Waals surface area contributed by atoms with Gasteiger partial charge in [-0.05, 0) is 12.1 Å². The first kappa shape index (κ1) is 10.5. The van der Waals surface area contributed by atoms with Gasteiger partial charge in [0.1, 0.15) is 11.6 Å². The Morgan fingerprint density at radius 3 is 2.93 bits per heavy atom. The summed E-state index contributed by atoms with van der Waals surface area (Å²) in [5, 5.41) is 16.7. The van der Waals surface area contributed by atoms with Crippen LogP contribution in [0.1, 0.15) is 5.56 Å². The molecule has 1 aromatic rings. The Kier molecular flexibility index (Phi) is 3.48. The summed E-state index contributed by atoms with van der Waals surface area (Å²) in [5.74, 6) is 0.0256. The predicted octanol–water partition coefficient (Wildman–Crippen LogP) is 1.40. The number of halogens is 1. The third-order valence-electron chi connectivity index (χ3n) is 1.51. The molecular weight excluding hydrogens is 202 g/mol. The molecule has 0 aromatic heterocycles. The first-order valence-electron chi connectivity index (χ1n) is 3.91. The van der Waals surface area contributed by atoms with Crippen LogP contribution >= 0.6 is 11.6 Å². The van der Waals surface area contributed by atoms with Crippen LogP contribution in [-0.4, -0.2) is 23.7 Å². The third kappa shape index (κ3) is 2.74. The van der Waals surface area contributed by atoms with Crippen molar-refractivity contribution < 1.29 is 5.11 Å². The number of nitrogens with zero attached hydrogens (tertiary/aromatic N) is 1. The van der Waals surface area contributed by atoms with Gasteiger partial charge in [0.15, 0.2) is 0 Å². The number of amidine groups is 1. The van der Waals surface area contributed by atoms with Crippen molar-refractivity contribution in [1.29, 1.82) is 5.41 Å². The zero-order valence-electron chi connectivity index (χ0n) is 7.37. The first-order valence-corrected chi connectivity index (χ1v) is 4.29. The van der Waals surface area contributed by atoms with Gasteiger partial charge in [-0.1, -0.05) is 17.7 Å². The SMILES string of the molecule is N=C(N)CN=Cc1c(O)cccc1Cl. The fourth-order valence-corrected chi connectivity index (χ4v) is 1.11. The van der Waals surface area contributed by atoms with E-state index >= 15 is 0 Å². The third-order valence-corrected chi connectivity index (χ3v) is 1.84. The molecule has 0 radical (unpaired) electrons. The van der Waals surface area contributed by atoms with Gasteiger partial charge < -0.3 is 10.8 Å². The Balaban J connectivity index is 2.85. The molecule has 0 aliphatic carbocycles. The van der Waals surface area contributed by atoms with E-state index in [2.05, 4.69) is 4.99 Å². The maximum atomic E-state index is 9.40. The minimum Gasteiger partial charge on any atom is -0.507 e. The number of phenolic OH excluding ortho intramolecular Hbond substituents is 1. The number of hydrogen-bond acceptors (Lipinski definition) is 3. The maximum Gasteiger partial charge on any atom is 0.125 e. The Morgan fingerprint density at radius 2 is 2.36 bits per heavy atom. The van der Waals surface area contributed by atoms with Crippen molar-refractivity contribution in [3.05, 3.63) is 28.8 Å². The topological polar surface area (TPSA) is 82.5 Å². The molecule has 0 bridgehead atoms. The summed E-state index contributed by atoms with van der Waals surface area (Å²) in [7, 11) is 0. The number of hydrogen-bond donors (Lipinski definition) is 3. The molecule has 1 aromatic carbocycles. The Hall–Kier alpha value is -1.55. The lowest BCUT2D eigenvalue weighted by atomic mass is 10.2. The van der Waals surface area contributed by atoms with E-state index < -0.39 is 0 Å². The van der Waals surface area contributed by atoms with Gasteiger partial charge in [0.2, 0.25) is 0 Å². The molecule has 0 saturated heterocycles. The van der Waals surface area contributed by atoms with Crippen LogP contribution in [0.4, 0.5) is 0 Å². The van der Waals surface area contributed by atoms with Gasteiger partial charge in [0, 0.05) is 6.21 Å². The number of nitrogens with two attached hydrogens (primary N) is 1. The summed E-state index contributed by atoms with van der Waals surface area (Å²) in [6.45, 7) is 0.102. The van der Waals surface area contributed by atoms with Crippen molar-refractivity contribution >= 4 is 23.7 Å². The second-order valence-electron chi connectivity index (χ2n) is 2.67. The smallest absolute Gasteiger partial charge is 0.125 e. The molecule has 4 N–H and O–H groups in total. The average molecular weight is 212 g/mol. The van der Waals surface area contributed by atoms with Crippen molar-refractivity contribution in [3.8, 4) is 5.75 Å². The van der Waals surface area contributed by atoms with Gasteiger partial charge >= 0.3 is 0 Å². The number of nitrogens with one attached hydrogen (secondary N) is 1. The normalized spacial score (nSPS) is 10.6. The van der Waals surface area contributed by atoms with Crippen molar-refractivity contribution in [3.63, 3.8) is 0 Å². The van der Waals surface area contributed by atoms with Gasteiger partial charge in [0.25, 0.3) is 0 Å². The zero-order chi connectivity index (χ0) is 10.6. The van der Waals surface area contributed by atoms with Crippen LogP contribution in [0, 0.1) is 5.41 Å². The number of aliphatic imine (C=N–C) groups is 1. The predicted molar refractivity (Wildman–Crippen MR) is 57.5 cm³/mol. The second-order valence-corrected chi connectivity index (χ2v) is 3.07. The standard InChI is InChI=1S/C9H10ClN3O/c10-7-2-1-3-8(14)6(7)4-13-5-9(11)12/h1-4,14H,5H2,(H3,11,12). The Morgan fingerprint density at radius 1 is 1.64 bits per heavy atom. The highest BCUT2D eigenvalue weighted by atomic mass is 35.5. The van der Waals surface area contributed by atoms with Gasteiger partial charge in [-0.3, -0.25) is 10.4 Å². The zero-order valence-corrected chi connectivity index (χ0v) is 8.12. The second kappa shape index (κ2) is 4.62. The Bertz CT molecular complexity index is 356. The molecule has 74 valence electrons. The lowest BCUT2D eigenvalue weighted by Gasteiger charge is -2.00. The number of phenols is 1. The lowest BCUT2D eigenvalue weighted by molar-refractivity contribution is 0.474. The molecule has 0 heterocycles. The molecule has 0 amide bonds. The van der Waals surface area contributed by atoms with Crippen molar-refractivity contribution in [2.75, 3.05) is 6.54 Å². The maximum absolute atomic E-state index is 9.40. The first-order chi connectivity index (χ1) is 6.61. The van der Waals surface area contributed by atoms with E-state index in [4.69, 9.17) is 22.7 Å². The summed E-state index contributed by atoms with van der Waals surface area (Å²) in [6.07, 6.45) is 1.40. The van der Waals surface area contributed by atoms with Gasteiger partial charge in [-0.15, -0.1) is 0 Å². The van der Waals surface area contributed by atoms with Crippen LogP contribution in [-0.2, 0) is 0 Å².